The molecular weight excluding hydrogens is 349 g/mol. The molecule has 6 nitrogen and oxygen atoms in total. The van der Waals surface area contributed by atoms with Crippen LogP contribution in [-0.4, -0.2) is 35.3 Å². The minimum Gasteiger partial charge on any atom is -0.488 e. The van der Waals surface area contributed by atoms with Crippen molar-refractivity contribution in [2.75, 3.05) is 18.1 Å². The molecule has 1 unspecified atom stereocenters. The lowest BCUT2D eigenvalue weighted by Crippen LogP contribution is -2.41. The Morgan fingerprint density at radius 2 is 2.04 bits per heavy atom. The van der Waals surface area contributed by atoms with Gasteiger partial charge in [-0.1, -0.05) is 39.6 Å². The molecule has 3 rings (SSSR count). The van der Waals surface area contributed by atoms with E-state index in [1.165, 1.54) is 0 Å². The lowest BCUT2D eigenvalue weighted by atomic mass is 10.2. The summed E-state index contributed by atoms with van der Waals surface area (Å²) < 4.78 is 11.1. The van der Waals surface area contributed by atoms with Gasteiger partial charge in [-0.15, -0.1) is 0 Å². The van der Waals surface area contributed by atoms with E-state index >= 15 is 0 Å². The van der Waals surface area contributed by atoms with E-state index < -0.39 is 11.7 Å². The van der Waals surface area contributed by atoms with Gasteiger partial charge in [0.25, 0.3) is 0 Å². The van der Waals surface area contributed by atoms with Crippen molar-refractivity contribution in [1.82, 2.24) is 4.98 Å². The lowest BCUT2D eigenvalue weighted by molar-refractivity contribution is 0.0568. The number of hydrogen-bond donors (Lipinski definition) is 0. The highest BCUT2D eigenvalue weighted by atomic mass is 31.0. The number of nitrogens with zero attached hydrogens (tertiary/aromatic N) is 3. The molecule has 0 saturated heterocycles. The monoisotopic (exact) mass is 371 g/mol. The molecule has 2 aromatic rings. The maximum absolute atomic E-state index is 12.5. The second kappa shape index (κ2) is 7.42. The smallest absolute Gasteiger partial charge is 0.415 e. The van der Waals surface area contributed by atoms with Crippen LogP contribution in [0.2, 0.25) is 0 Å². The van der Waals surface area contributed by atoms with E-state index in [2.05, 4.69) is 19.2 Å². The zero-order chi connectivity index (χ0) is 18.7. The molecule has 1 aromatic carbocycles. The van der Waals surface area contributed by atoms with Gasteiger partial charge < -0.3 is 9.47 Å². The summed E-state index contributed by atoms with van der Waals surface area (Å²) in [7, 11) is 2.62. The summed E-state index contributed by atoms with van der Waals surface area (Å²) in [5.74, 6) is 1.04. The third-order valence-electron chi connectivity index (χ3n) is 3.61. The van der Waals surface area contributed by atoms with Crippen molar-refractivity contribution in [3.05, 3.63) is 48.2 Å². The molecule has 7 heteroatoms. The van der Waals surface area contributed by atoms with Crippen molar-refractivity contribution in [2.45, 2.75) is 26.4 Å². The minimum atomic E-state index is -0.565. The maximum Gasteiger partial charge on any atom is 0.415 e. The fraction of sp³-hybridized carbons (Fsp3) is 0.316. The first-order chi connectivity index (χ1) is 12.3. The van der Waals surface area contributed by atoms with Crippen LogP contribution >= 0.6 is 9.24 Å². The molecular formula is C19H22N3O3P. The summed E-state index contributed by atoms with van der Waals surface area (Å²) in [6.07, 6.45) is 1.19. The van der Waals surface area contributed by atoms with E-state index in [1.807, 2.05) is 51.1 Å². The van der Waals surface area contributed by atoms with Gasteiger partial charge in [0.05, 0.1) is 23.9 Å². The fourth-order valence-electron chi connectivity index (χ4n) is 2.48. The largest absolute Gasteiger partial charge is 0.488 e. The maximum atomic E-state index is 12.5. The number of pyridine rings is 1. The number of amides is 1. The van der Waals surface area contributed by atoms with Crippen molar-refractivity contribution in [3.63, 3.8) is 0 Å². The molecule has 0 aliphatic carbocycles. The van der Waals surface area contributed by atoms with Crippen LogP contribution in [0.4, 0.5) is 16.3 Å². The summed E-state index contributed by atoms with van der Waals surface area (Å²) in [5, 5.41) is 0. The van der Waals surface area contributed by atoms with Gasteiger partial charge in [0.1, 0.15) is 12.2 Å². The first kappa shape index (κ1) is 18.3. The number of benzene rings is 1. The lowest BCUT2D eigenvalue weighted by Gasteiger charge is -2.31. The van der Waals surface area contributed by atoms with Crippen molar-refractivity contribution in [2.24, 2.45) is 4.99 Å². The summed E-state index contributed by atoms with van der Waals surface area (Å²) in [5.41, 5.74) is 1.80. The Morgan fingerprint density at radius 1 is 1.31 bits per heavy atom. The molecule has 136 valence electrons. The number of anilines is 1. The van der Waals surface area contributed by atoms with Gasteiger partial charge in [0, 0.05) is 6.07 Å². The van der Waals surface area contributed by atoms with Gasteiger partial charge >= 0.3 is 6.09 Å². The molecule has 1 aliphatic rings. The summed E-state index contributed by atoms with van der Waals surface area (Å²) >= 11 is 0. The first-order valence-corrected chi connectivity index (χ1v) is 8.94. The highest BCUT2D eigenvalue weighted by Crippen LogP contribution is 2.34. The zero-order valence-corrected chi connectivity index (χ0v) is 16.3. The van der Waals surface area contributed by atoms with Gasteiger partial charge in [0.15, 0.2) is 11.6 Å². The van der Waals surface area contributed by atoms with Crippen LogP contribution < -0.4 is 9.64 Å². The van der Waals surface area contributed by atoms with E-state index in [0.717, 1.165) is 11.0 Å². The van der Waals surface area contributed by atoms with Crippen LogP contribution in [0.25, 0.3) is 0 Å². The Hall–Kier alpha value is -2.46. The highest BCUT2D eigenvalue weighted by Gasteiger charge is 2.28. The molecule has 1 atom stereocenters. The second-order valence-electron chi connectivity index (χ2n) is 6.85. The third-order valence-corrected chi connectivity index (χ3v) is 4.08. The van der Waals surface area contributed by atoms with Crippen molar-refractivity contribution in [3.8, 4) is 5.75 Å². The van der Waals surface area contributed by atoms with Crippen LogP contribution in [-0.2, 0) is 4.74 Å². The number of hydrogen-bond acceptors (Lipinski definition) is 5. The van der Waals surface area contributed by atoms with Crippen LogP contribution in [0, 0.1) is 0 Å². The average Bonchev–Trinajstić information content (AvgIpc) is 2.60. The first-order valence-electron chi connectivity index (χ1n) is 8.36. The minimum absolute atomic E-state index is 0.398. The number of carbonyl (C=O) groups is 1. The van der Waals surface area contributed by atoms with Crippen LogP contribution in [0.5, 0.6) is 5.75 Å². The number of rotatable bonds is 2. The Morgan fingerprint density at radius 3 is 2.73 bits per heavy atom. The van der Waals surface area contributed by atoms with Gasteiger partial charge in [-0.2, -0.15) is 0 Å². The number of carbonyl (C=O) groups excluding carboxylic acids is 1. The van der Waals surface area contributed by atoms with Crippen LogP contribution in [0.3, 0.4) is 0 Å². The molecule has 1 aromatic heterocycles. The van der Waals surface area contributed by atoms with Crippen molar-refractivity contribution >= 4 is 32.3 Å². The second-order valence-corrected chi connectivity index (χ2v) is 7.40. The Labute approximate surface area is 155 Å². The van der Waals surface area contributed by atoms with Gasteiger partial charge in [-0.25, -0.2) is 14.8 Å². The Bertz CT molecular complexity index is 832. The van der Waals surface area contributed by atoms with Crippen LogP contribution in [0.1, 0.15) is 26.3 Å². The van der Waals surface area contributed by atoms with Crippen LogP contribution in [0.15, 0.2) is 47.6 Å². The molecule has 0 N–H and O–H groups in total. The normalized spacial score (nSPS) is 14.5. The highest BCUT2D eigenvalue weighted by molar-refractivity contribution is 7.42. The van der Waals surface area contributed by atoms with Gasteiger partial charge in [-0.05, 0) is 26.3 Å². The van der Waals surface area contributed by atoms with Gasteiger partial charge in [-0.3, -0.25) is 4.90 Å². The summed E-state index contributed by atoms with van der Waals surface area (Å²) in [6.45, 7) is 6.34. The average molecular weight is 371 g/mol. The number of aliphatic imine (C=N–C) groups is 1. The molecule has 2 heterocycles. The van der Waals surface area contributed by atoms with E-state index in [1.54, 1.807) is 17.2 Å². The van der Waals surface area contributed by atoms with Crippen molar-refractivity contribution < 1.29 is 14.3 Å². The Kier molecular flexibility index (Phi) is 5.23. The van der Waals surface area contributed by atoms with E-state index in [-0.39, 0.29) is 0 Å². The predicted octanol–water partition coefficient (Wildman–Crippen LogP) is 4.17. The quantitative estimate of drug-likeness (QED) is 0.587. The molecule has 1 aliphatic heterocycles. The third kappa shape index (κ3) is 4.38. The molecule has 26 heavy (non-hydrogen) atoms. The topological polar surface area (TPSA) is 64.0 Å². The summed E-state index contributed by atoms with van der Waals surface area (Å²) in [4.78, 5) is 22.9. The predicted molar refractivity (Wildman–Crippen MR) is 106 cm³/mol. The van der Waals surface area contributed by atoms with Crippen molar-refractivity contribution in [1.29, 1.82) is 0 Å². The zero-order valence-electron chi connectivity index (χ0n) is 15.1. The molecule has 1 amide bonds. The molecule has 0 fully saturated rings. The summed E-state index contributed by atoms with van der Waals surface area (Å²) in [6, 6.07) is 11.5. The number of fused-ring (bicyclic) bond motifs is 1. The molecule has 0 spiro atoms. The van der Waals surface area contributed by atoms with E-state index in [4.69, 9.17) is 9.47 Å². The standard InChI is InChI=1S/C19H22N3O3P/c1-19(2,3)25-18(23)22-9-10-24-15-12-20-16(11-14(15)22)21-17(26)13-7-5-4-6-8-13/h4-8,11-12H,9-10,26H2,1-3H3. The van der Waals surface area contributed by atoms with E-state index in [9.17, 15) is 4.79 Å². The Balaban J connectivity index is 1.91. The fourth-order valence-corrected chi connectivity index (χ4v) is 2.80. The molecule has 0 saturated carbocycles. The van der Waals surface area contributed by atoms with Gasteiger partial charge in [0.2, 0.25) is 0 Å². The molecule has 0 radical (unpaired) electrons. The number of aromatic nitrogens is 1. The SMILES string of the molecule is CC(C)(C)OC(=O)N1CCOc2cnc(N=C(P)c3ccccc3)cc21. The van der Waals surface area contributed by atoms with E-state index in [0.29, 0.717) is 30.4 Å². The molecule has 0 bridgehead atoms. The number of ether oxygens (including phenoxy) is 2.